The molecular weight excluding hydrogens is 622 g/mol. The molecule has 2 nitrogen and oxygen atoms in total. The van der Waals surface area contributed by atoms with Crippen LogP contribution in [-0.4, -0.2) is 51.8 Å². The van der Waals surface area contributed by atoms with Crippen molar-refractivity contribution >= 4 is 16.5 Å². The van der Waals surface area contributed by atoms with Crippen LogP contribution in [0.2, 0.25) is 26.2 Å². The Labute approximate surface area is 217 Å². The van der Waals surface area contributed by atoms with Crippen molar-refractivity contribution in [1.82, 2.24) is 9.13 Å². The number of rotatable bonds is 6. The minimum absolute atomic E-state index is 0. The second-order valence-electron chi connectivity index (χ2n) is 10.5. The molecule has 2 saturated heterocycles. The van der Waals surface area contributed by atoms with Crippen molar-refractivity contribution in [2.45, 2.75) is 78.6 Å². The van der Waals surface area contributed by atoms with E-state index in [1.807, 2.05) is 17.1 Å². The first-order valence-electron chi connectivity index (χ1n) is 11.8. The Kier molecular flexibility index (Phi) is 9.94. The predicted molar refractivity (Wildman–Crippen MR) is 127 cm³/mol. The zero-order valence-corrected chi connectivity index (χ0v) is 27.5. The van der Waals surface area contributed by atoms with Gasteiger partial charge in [0.1, 0.15) is 0 Å². The van der Waals surface area contributed by atoms with Crippen LogP contribution in [0, 0.1) is 0 Å². The van der Waals surface area contributed by atoms with E-state index in [4.69, 9.17) is 0 Å². The van der Waals surface area contributed by atoms with Gasteiger partial charge in [0.2, 0.25) is 0 Å². The van der Waals surface area contributed by atoms with Gasteiger partial charge in [0.25, 0.3) is 0 Å². The maximum atomic E-state index is 2.91. The molecule has 4 rings (SSSR count). The Morgan fingerprint density at radius 2 is 0.968 bits per heavy atom. The van der Waals surface area contributed by atoms with Crippen LogP contribution in [0.15, 0.2) is 40.4 Å². The number of halogens is 2. The molecule has 2 aliphatic heterocycles. The van der Waals surface area contributed by atoms with Crippen molar-refractivity contribution in [2.24, 2.45) is 0 Å². The predicted octanol–water partition coefficient (Wildman–Crippen LogP) is -0.0347. The Bertz CT molecular complexity index is 736. The Balaban J connectivity index is 0.00000171. The topological polar surface area (TPSA) is 6.48 Å². The van der Waals surface area contributed by atoms with Crippen LogP contribution in [0.25, 0.3) is 0 Å². The van der Waals surface area contributed by atoms with Gasteiger partial charge in [0, 0.05) is 0 Å². The van der Waals surface area contributed by atoms with Gasteiger partial charge in [-0.3, -0.25) is 0 Å². The third-order valence-electron chi connectivity index (χ3n) is 7.94. The second-order valence-corrected chi connectivity index (χ2v) is 24.3. The smallest absolute Gasteiger partial charge is 1.00 e. The van der Waals surface area contributed by atoms with Gasteiger partial charge in [-0.05, 0) is 0 Å². The van der Waals surface area contributed by atoms with E-state index in [2.05, 4.69) is 61.3 Å². The van der Waals surface area contributed by atoms with Gasteiger partial charge < -0.3 is 24.8 Å². The van der Waals surface area contributed by atoms with Crippen LogP contribution in [0.4, 0.5) is 0 Å². The number of allylic oxidation sites excluding steroid dienone is 8. The van der Waals surface area contributed by atoms with E-state index in [0.717, 1.165) is 0 Å². The average Bonchev–Trinajstić information content (AvgIpc) is 3.43. The van der Waals surface area contributed by atoms with Crippen LogP contribution in [0.5, 0.6) is 0 Å². The molecule has 0 radical (unpaired) electrons. The summed E-state index contributed by atoms with van der Waals surface area (Å²) in [6.07, 6.45) is 13.4. The van der Waals surface area contributed by atoms with Crippen molar-refractivity contribution in [2.75, 3.05) is 26.2 Å². The van der Waals surface area contributed by atoms with E-state index in [1.54, 1.807) is 11.1 Å². The van der Waals surface area contributed by atoms with Crippen LogP contribution < -0.4 is 24.8 Å². The molecule has 0 amide bonds. The minimum Gasteiger partial charge on any atom is -1.00 e. The Hall–Kier alpha value is 0.764. The summed E-state index contributed by atoms with van der Waals surface area (Å²) in [4.78, 5) is 0. The van der Waals surface area contributed by atoms with Crippen LogP contribution in [0.1, 0.15) is 52.4 Å². The summed E-state index contributed by atoms with van der Waals surface area (Å²) in [5, 5.41) is 3.78. The fourth-order valence-corrected chi connectivity index (χ4v) is 26.4. The van der Waals surface area contributed by atoms with Crippen molar-refractivity contribution in [3.05, 3.63) is 40.4 Å². The molecule has 172 valence electrons. The van der Waals surface area contributed by atoms with E-state index in [0.29, 0.717) is 0 Å². The first-order chi connectivity index (χ1) is 13.7. The first kappa shape index (κ1) is 28.0. The Morgan fingerprint density at radius 1 is 0.645 bits per heavy atom. The second kappa shape index (κ2) is 11.0. The van der Waals surface area contributed by atoms with Gasteiger partial charge in [-0.15, -0.1) is 0 Å². The molecule has 2 aliphatic carbocycles. The summed E-state index contributed by atoms with van der Waals surface area (Å²) in [6.45, 7) is 20.8. The van der Waals surface area contributed by atoms with Crippen molar-refractivity contribution < 1.29 is 47.7 Å². The monoisotopic (exact) mass is 662 g/mol. The molecule has 7 heteroatoms. The third kappa shape index (κ3) is 5.38. The quantitative estimate of drug-likeness (QED) is 0.369. The van der Waals surface area contributed by atoms with Gasteiger partial charge in [-0.25, -0.2) is 0 Å². The maximum absolute atomic E-state index is 2.91. The standard InChI is InChI=1S/2C12H20NSi.2ClH.Hf/c2*1-11-7-6-8-12(11)14(2,3)13-9-4-5-10-13;;;/h2*7H,4-6,9-10H2,1-3H3;2*1H;/q;;;;+2/p-2. The van der Waals surface area contributed by atoms with Gasteiger partial charge in [0.05, 0.1) is 0 Å². The van der Waals surface area contributed by atoms with Gasteiger partial charge in [0.15, 0.2) is 0 Å². The van der Waals surface area contributed by atoms with Crippen LogP contribution in [0.3, 0.4) is 0 Å². The van der Waals surface area contributed by atoms with Crippen LogP contribution in [-0.2, 0) is 22.9 Å². The molecule has 4 aliphatic rings. The summed E-state index contributed by atoms with van der Waals surface area (Å²) in [7, 11) is -2.98. The molecule has 0 aromatic carbocycles. The molecule has 0 atom stereocenters. The molecule has 2 heterocycles. The largest absolute Gasteiger partial charge is 1.00 e. The third-order valence-corrected chi connectivity index (χ3v) is 23.1. The molecule has 31 heavy (non-hydrogen) atoms. The van der Waals surface area contributed by atoms with Gasteiger partial charge in [-0.1, -0.05) is 0 Å². The van der Waals surface area contributed by atoms with Crippen molar-refractivity contribution in [3.63, 3.8) is 0 Å². The molecule has 0 aromatic heterocycles. The molecule has 0 spiro atoms. The van der Waals surface area contributed by atoms with E-state index in [1.165, 1.54) is 64.7 Å². The average molecular weight is 662 g/mol. The normalized spacial score (nSPS) is 23.0. The van der Waals surface area contributed by atoms with Crippen molar-refractivity contribution in [3.8, 4) is 0 Å². The molecule has 0 aromatic rings. The summed E-state index contributed by atoms with van der Waals surface area (Å²) >= 11 is -0.966. The molecule has 0 N–H and O–H groups in total. The van der Waals surface area contributed by atoms with Crippen molar-refractivity contribution in [1.29, 1.82) is 0 Å². The zero-order valence-electron chi connectivity index (χ0n) is 20.4. The summed E-state index contributed by atoms with van der Waals surface area (Å²) in [5.41, 5.74) is 3.30. The number of hydrogen-bond donors (Lipinski definition) is 0. The van der Waals surface area contributed by atoms with E-state index in [-0.39, 0.29) is 24.8 Å². The Morgan fingerprint density at radius 3 is 1.29 bits per heavy atom. The molecule has 2 fully saturated rings. The first-order valence-corrected chi connectivity index (χ1v) is 21.3. The van der Waals surface area contributed by atoms with E-state index >= 15 is 0 Å². The minimum atomic E-state index is -1.49. The van der Waals surface area contributed by atoms with E-state index in [9.17, 15) is 0 Å². The molecule has 0 unspecified atom stereocenters. The zero-order chi connectivity index (χ0) is 20.8. The SMILES string of the molecule is CC1=CC[C]([Hf+2][C]2=C([Si](C)(C)N3CCCC3)C(C)=CC2)=C1[Si](C)(C)N1CCCC1.[Cl-].[Cl-]. The summed E-state index contributed by atoms with van der Waals surface area (Å²) < 4.78 is 9.75. The van der Waals surface area contributed by atoms with Gasteiger partial charge in [-0.2, -0.15) is 0 Å². The fourth-order valence-electron chi connectivity index (χ4n) is 6.38. The number of hydrogen-bond acceptors (Lipinski definition) is 2. The maximum Gasteiger partial charge on any atom is -1.00 e. The summed E-state index contributed by atoms with van der Waals surface area (Å²) in [5.74, 6) is 0. The fraction of sp³-hybridized carbons (Fsp3) is 0.667. The van der Waals surface area contributed by atoms with Gasteiger partial charge >= 0.3 is 194 Å². The van der Waals surface area contributed by atoms with E-state index < -0.39 is 39.4 Å². The van der Waals surface area contributed by atoms with Crippen LogP contribution >= 0.6 is 0 Å². The number of nitrogens with zero attached hydrogens (tertiary/aromatic N) is 2. The summed E-state index contributed by atoms with van der Waals surface area (Å²) in [6, 6.07) is 0. The molecule has 0 bridgehead atoms. The molecular formula is C24H40Cl2HfN2Si2. The molecule has 0 saturated carbocycles.